The van der Waals surface area contributed by atoms with Gasteiger partial charge in [-0.15, -0.1) is 0 Å². The summed E-state index contributed by atoms with van der Waals surface area (Å²) in [5.41, 5.74) is 1.12. The Morgan fingerprint density at radius 1 is 1.07 bits per heavy atom. The van der Waals surface area contributed by atoms with Gasteiger partial charge < -0.3 is 10.0 Å². The number of amides is 1. The summed E-state index contributed by atoms with van der Waals surface area (Å²) in [6, 6.07) is 7.03. The predicted molar refractivity (Wildman–Crippen MR) is 102 cm³/mol. The number of carbonyl (C=O) groups excluding carboxylic acids is 1. The molecule has 1 saturated heterocycles. The molecule has 7 nitrogen and oxygen atoms in total. The molecule has 27 heavy (non-hydrogen) atoms. The number of carboxylic acids is 1. The third kappa shape index (κ3) is 5.52. The van der Waals surface area contributed by atoms with Gasteiger partial charge in [-0.2, -0.15) is 4.31 Å². The van der Waals surface area contributed by atoms with E-state index in [1.54, 1.807) is 17.0 Å². The summed E-state index contributed by atoms with van der Waals surface area (Å²) in [7, 11) is -3.57. The van der Waals surface area contributed by atoms with Gasteiger partial charge in [-0.1, -0.05) is 26.0 Å². The molecule has 1 aromatic carbocycles. The van der Waals surface area contributed by atoms with Crippen molar-refractivity contribution in [1.29, 1.82) is 0 Å². The van der Waals surface area contributed by atoms with Crippen molar-refractivity contribution in [3.63, 3.8) is 0 Å². The summed E-state index contributed by atoms with van der Waals surface area (Å²) in [4.78, 5) is 24.5. The molecule has 1 aliphatic heterocycles. The van der Waals surface area contributed by atoms with Crippen LogP contribution in [0.3, 0.4) is 0 Å². The molecule has 150 valence electrons. The van der Waals surface area contributed by atoms with E-state index >= 15 is 0 Å². The molecule has 0 bridgehead atoms. The molecule has 1 aliphatic rings. The van der Waals surface area contributed by atoms with Crippen molar-refractivity contribution in [2.45, 2.75) is 50.3 Å². The monoisotopic (exact) mass is 396 g/mol. The van der Waals surface area contributed by atoms with E-state index in [2.05, 4.69) is 13.8 Å². The molecule has 0 aliphatic carbocycles. The zero-order valence-electron chi connectivity index (χ0n) is 15.9. The van der Waals surface area contributed by atoms with E-state index in [0.29, 0.717) is 25.4 Å². The number of hydrogen-bond acceptors (Lipinski definition) is 4. The molecule has 1 N–H and O–H groups in total. The summed E-state index contributed by atoms with van der Waals surface area (Å²) in [5, 5.41) is 8.63. The fraction of sp³-hybridized carbons (Fsp3) is 0.579. The Morgan fingerprint density at radius 3 is 2.19 bits per heavy atom. The van der Waals surface area contributed by atoms with E-state index in [0.717, 1.165) is 12.0 Å². The van der Waals surface area contributed by atoms with Gasteiger partial charge in [0.2, 0.25) is 15.9 Å². The molecule has 0 radical (unpaired) electrons. The lowest BCUT2D eigenvalue weighted by atomic mass is 9.99. The molecule has 1 unspecified atom stereocenters. The van der Waals surface area contributed by atoms with Gasteiger partial charge in [0.15, 0.2) is 0 Å². The van der Waals surface area contributed by atoms with Gasteiger partial charge in [-0.3, -0.25) is 9.59 Å². The van der Waals surface area contributed by atoms with Gasteiger partial charge >= 0.3 is 5.97 Å². The minimum absolute atomic E-state index is 0.0350. The van der Waals surface area contributed by atoms with Gasteiger partial charge in [0.1, 0.15) is 0 Å². The lowest BCUT2D eigenvalue weighted by Gasteiger charge is -2.34. The highest BCUT2D eigenvalue weighted by Gasteiger charge is 2.30. The quantitative estimate of drug-likeness (QED) is 0.727. The predicted octanol–water partition coefficient (Wildman–Crippen LogP) is 2.29. The van der Waals surface area contributed by atoms with Gasteiger partial charge in [-0.25, -0.2) is 8.42 Å². The van der Waals surface area contributed by atoms with Crippen LogP contribution >= 0.6 is 0 Å². The number of benzene rings is 1. The number of sulfonamides is 1. The van der Waals surface area contributed by atoms with Crippen LogP contribution in [-0.4, -0.2) is 60.8 Å². The molecule has 1 atom stereocenters. The second-order valence-corrected chi connectivity index (χ2v) is 8.85. The molecular weight excluding hydrogens is 368 g/mol. The second kappa shape index (κ2) is 9.32. The molecule has 1 heterocycles. The lowest BCUT2D eigenvalue weighted by molar-refractivity contribution is -0.137. The molecule has 1 amide bonds. The summed E-state index contributed by atoms with van der Waals surface area (Å²) in [6.07, 6.45) is 1.44. The fourth-order valence-electron chi connectivity index (χ4n) is 3.08. The van der Waals surface area contributed by atoms with Gasteiger partial charge in [0.25, 0.3) is 0 Å². The molecule has 1 fully saturated rings. The van der Waals surface area contributed by atoms with E-state index < -0.39 is 16.0 Å². The number of rotatable bonds is 8. The van der Waals surface area contributed by atoms with Crippen LogP contribution in [0.1, 0.15) is 51.0 Å². The number of hydrogen-bond donors (Lipinski definition) is 1. The zero-order valence-corrected chi connectivity index (χ0v) is 16.7. The van der Waals surface area contributed by atoms with Crippen molar-refractivity contribution in [3.05, 3.63) is 29.8 Å². The van der Waals surface area contributed by atoms with Crippen LogP contribution in [0.25, 0.3) is 0 Å². The zero-order chi connectivity index (χ0) is 20.0. The van der Waals surface area contributed by atoms with Crippen LogP contribution < -0.4 is 0 Å². The molecule has 1 aromatic rings. The van der Waals surface area contributed by atoms with Crippen LogP contribution in [-0.2, 0) is 19.6 Å². The number of nitrogens with zero attached hydrogens (tertiary/aromatic N) is 2. The summed E-state index contributed by atoms with van der Waals surface area (Å²) in [5.74, 6) is -0.651. The van der Waals surface area contributed by atoms with Crippen LogP contribution in [0.15, 0.2) is 29.2 Å². The van der Waals surface area contributed by atoms with Crippen LogP contribution in [0.4, 0.5) is 0 Å². The van der Waals surface area contributed by atoms with Gasteiger partial charge in [-0.05, 0) is 36.5 Å². The van der Waals surface area contributed by atoms with E-state index in [9.17, 15) is 18.0 Å². The number of aliphatic carboxylic acids is 1. The Labute approximate surface area is 161 Å². The first-order chi connectivity index (χ1) is 12.8. The highest BCUT2D eigenvalue weighted by atomic mass is 32.2. The van der Waals surface area contributed by atoms with E-state index in [1.165, 1.54) is 4.31 Å². The number of piperazine rings is 1. The topological polar surface area (TPSA) is 95.0 Å². The third-order valence-electron chi connectivity index (χ3n) is 5.07. The first-order valence-corrected chi connectivity index (χ1v) is 10.8. The van der Waals surface area contributed by atoms with E-state index in [4.69, 9.17) is 5.11 Å². The largest absolute Gasteiger partial charge is 0.481 e. The summed E-state index contributed by atoms with van der Waals surface area (Å²) >= 11 is 0. The Balaban J connectivity index is 1.94. The first-order valence-electron chi connectivity index (χ1n) is 9.35. The maximum Gasteiger partial charge on any atom is 0.303 e. The Bertz CT molecular complexity index is 753. The number of carboxylic acid groups (broad SMARTS) is 1. The molecule has 8 heteroatoms. The van der Waals surface area contributed by atoms with E-state index in [-0.39, 0.29) is 36.7 Å². The second-order valence-electron chi connectivity index (χ2n) is 6.91. The van der Waals surface area contributed by atoms with Crippen LogP contribution in [0.2, 0.25) is 0 Å². The van der Waals surface area contributed by atoms with Crippen molar-refractivity contribution in [3.8, 4) is 0 Å². The van der Waals surface area contributed by atoms with Crippen LogP contribution in [0, 0.1) is 0 Å². The minimum Gasteiger partial charge on any atom is -0.481 e. The lowest BCUT2D eigenvalue weighted by Crippen LogP contribution is -2.50. The molecule has 2 rings (SSSR count). The normalized spacial score (nSPS) is 16.9. The third-order valence-corrected chi connectivity index (χ3v) is 6.98. The Hall–Kier alpha value is -1.93. The summed E-state index contributed by atoms with van der Waals surface area (Å²) in [6.45, 7) is 5.36. The highest BCUT2D eigenvalue weighted by Crippen LogP contribution is 2.23. The first kappa shape index (κ1) is 21.4. The standard InChI is InChI=1S/C19H28N2O5S/c1-3-15(2)16-7-9-17(10-8-16)27(25,26)21-13-11-20(12-14-21)18(22)5-4-6-19(23)24/h7-10,15H,3-6,11-14H2,1-2H3,(H,23,24). The number of carbonyl (C=O) groups is 2. The van der Waals surface area contributed by atoms with Crippen molar-refractivity contribution >= 4 is 21.9 Å². The van der Waals surface area contributed by atoms with Crippen molar-refractivity contribution < 1.29 is 23.1 Å². The fourth-order valence-corrected chi connectivity index (χ4v) is 4.50. The van der Waals surface area contributed by atoms with Gasteiger partial charge in [0.05, 0.1) is 4.90 Å². The van der Waals surface area contributed by atoms with Crippen molar-refractivity contribution in [1.82, 2.24) is 9.21 Å². The smallest absolute Gasteiger partial charge is 0.303 e. The Kier molecular flexibility index (Phi) is 7.38. The summed E-state index contributed by atoms with van der Waals surface area (Å²) < 4.78 is 27.0. The molecule has 0 spiro atoms. The average molecular weight is 397 g/mol. The Morgan fingerprint density at radius 2 is 1.67 bits per heavy atom. The SMILES string of the molecule is CCC(C)c1ccc(S(=O)(=O)N2CCN(C(=O)CCCC(=O)O)CC2)cc1. The maximum atomic E-state index is 12.8. The van der Waals surface area contributed by atoms with Crippen LogP contribution in [0.5, 0.6) is 0 Å². The van der Waals surface area contributed by atoms with Gasteiger partial charge in [0, 0.05) is 39.0 Å². The molecular formula is C19H28N2O5S. The van der Waals surface area contributed by atoms with Crippen molar-refractivity contribution in [2.24, 2.45) is 0 Å². The minimum atomic E-state index is -3.57. The van der Waals surface area contributed by atoms with Crippen molar-refractivity contribution in [2.75, 3.05) is 26.2 Å². The molecule has 0 aromatic heterocycles. The molecule has 0 saturated carbocycles. The maximum absolute atomic E-state index is 12.8. The van der Waals surface area contributed by atoms with E-state index in [1.807, 2.05) is 12.1 Å². The average Bonchev–Trinajstić information content (AvgIpc) is 2.67. The highest BCUT2D eigenvalue weighted by molar-refractivity contribution is 7.89.